The van der Waals surface area contributed by atoms with Crippen molar-refractivity contribution < 1.29 is 9.53 Å². The second-order valence-corrected chi connectivity index (χ2v) is 3.60. The molecule has 0 spiro atoms. The van der Waals surface area contributed by atoms with Gasteiger partial charge in [0.2, 0.25) is 0 Å². The number of hydrogen-bond acceptors (Lipinski definition) is 3. The molecule has 0 heterocycles. The van der Waals surface area contributed by atoms with E-state index in [-0.39, 0.29) is 5.97 Å². The quantitative estimate of drug-likeness (QED) is 0.583. The first kappa shape index (κ1) is 11.2. The number of esters is 1. The summed E-state index contributed by atoms with van der Waals surface area (Å²) in [5.74, 6) is 0.228. The molecule has 0 bridgehead atoms. The van der Waals surface area contributed by atoms with Gasteiger partial charge in [-0.3, -0.25) is 4.79 Å². The largest absolute Gasteiger partial charge is 0.426 e. The molecule has 0 aliphatic heterocycles. The zero-order chi connectivity index (χ0) is 12.3. The highest BCUT2D eigenvalue weighted by molar-refractivity contribution is 5.94. The minimum atomic E-state index is -0.278. The Balaban J connectivity index is 2.59. The molecule has 0 atom stereocenters. The highest BCUT2D eigenvalue weighted by Gasteiger charge is 2.08. The number of carbonyl (C=O) groups is 1. The lowest BCUT2D eigenvalue weighted by Gasteiger charge is -2.07. The Kier molecular flexibility index (Phi) is 3.06. The van der Waals surface area contributed by atoms with Crippen molar-refractivity contribution in [2.45, 2.75) is 13.3 Å². The Morgan fingerprint density at radius 3 is 2.59 bits per heavy atom. The average Bonchev–Trinajstić information content (AvgIpc) is 2.39. The van der Waals surface area contributed by atoms with E-state index in [1.165, 1.54) is 0 Å². The van der Waals surface area contributed by atoms with E-state index in [4.69, 9.17) is 10.00 Å². The molecule has 0 amide bonds. The number of nitriles is 1. The Bertz CT molecular complexity index is 611. The number of rotatable bonds is 2. The molecular weight excluding hydrogens is 214 g/mol. The van der Waals surface area contributed by atoms with Crippen LogP contribution in [0.4, 0.5) is 0 Å². The molecule has 0 aliphatic rings. The molecule has 2 aromatic carbocycles. The van der Waals surface area contributed by atoms with E-state index < -0.39 is 0 Å². The number of fused-ring (bicyclic) bond motifs is 1. The Labute approximate surface area is 99.2 Å². The smallest absolute Gasteiger partial charge is 0.310 e. The van der Waals surface area contributed by atoms with Crippen LogP contribution < -0.4 is 4.74 Å². The van der Waals surface area contributed by atoms with Gasteiger partial charge in [-0.2, -0.15) is 5.26 Å². The SMILES string of the molecule is CCC(=O)Oc1ccc(C#N)c2ccccc12. The summed E-state index contributed by atoms with van der Waals surface area (Å²) in [7, 11) is 0. The van der Waals surface area contributed by atoms with Gasteiger partial charge in [-0.1, -0.05) is 31.2 Å². The van der Waals surface area contributed by atoms with E-state index in [0.29, 0.717) is 17.7 Å². The van der Waals surface area contributed by atoms with Gasteiger partial charge in [0.25, 0.3) is 0 Å². The molecule has 0 saturated carbocycles. The maximum Gasteiger partial charge on any atom is 0.310 e. The van der Waals surface area contributed by atoms with E-state index in [2.05, 4.69) is 6.07 Å². The van der Waals surface area contributed by atoms with Crippen LogP contribution in [0.25, 0.3) is 10.8 Å². The maximum absolute atomic E-state index is 11.3. The first-order valence-electron chi connectivity index (χ1n) is 5.38. The van der Waals surface area contributed by atoms with Gasteiger partial charge in [0.05, 0.1) is 11.6 Å². The molecule has 3 heteroatoms. The number of nitrogens with zero attached hydrogens (tertiary/aromatic N) is 1. The Morgan fingerprint density at radius 1 is 1.24 bits per heavy atom. The third-order valence-corrected chi connectivity index (χ3v) is 2.52. The van der Waals surface area contributed by atoms with Crippen LogP contribution in [0.3, 0.4) is 0 Å². The fourth-order valence-corrected chi connectivity index (χ4v) is 1.65. The Morgan fingerprint density at radius 2 is 1.94 bits per heavy atom. The second kappa shape index (κ2) is 4.67. The second-order valence-electron chi connectivity index (χ2n) is 3.60. The summed E-state index contributed by atoms with van der Waals surface area (Å²) in [5, 5.41) is 10.6. The summed E-state index contributed by atoms with van der Waals surface area (Å²) in [4.78, 5) is 11.3. The molecule has 0 radical (unpaired) electrons. The van der Waals surface area contributed by atoms with Gasteiger partial charge in [-0.05, 0) is 12.1 Å². The molecule has 0 fully saturated rings. The average molecular weight is 225 g/mol. The van der Waals surface area contributed by atoms with E-state index >= 15 is 0 Å². The van der Waals surface area contributed by atoms with Crippen LogP contribution in [0.15, 0.2) is 36.4 Å². The van der Waals surface area contributed by atoms with Crippen LogP contribution >= 0.6 is 0 Å². The van der Waals surface area contributed by atoms with Gasteiger partial charge in [0.15, 0.2) is 0 Å². The van der Waals surface area contributed by atoms with Crippen molar-refractivity contribution in [3.05, 3.63) is 42.0 Å². The summed E-state index contributed by atoms with van der Waals surface area (Å²) in [6, 6.07) is 12.8. The van der Waals surface area contributed by atoms with Crippen LogP contribution in [0.5, 0.6) is 5.75 Å². The van der Waals surface area contributed by atoms with E-state index in [1.807, 2.05) is 24.3 Å². The van der Waals surface area contributed by atoms with E-state index in [9.17, 15) is 4.79 Å². The minimum absolute atomic E-state index is 0.278. The van der Waals surface area contributed by atoms with Crippen LogP contribution in [0.1, 0.15) is 18.9 Å². The molecule has 0 N–H and O–H groups in total. The lowest BCUT2D eigenvalue weighted by Crippen LogP contribution is -2.05. The number of benzene rings is 2. The van der Waals surface area contributed by atoms with E-state index in [1.54, 1.807) is 19.1 Å². The van der Waals surface area contributed by atoms with Crippen molar-refractivity contribution in [1.29, 1.82) is 5.26 Å². The topological polar surface area (TPSA) is 50.1 Å². The highest BCUT2D eigenvalue weighted by Crippen LogP contribution is 2.28. The van der Waals surface area contributed by atoms with Crippen molar-refractivity contribution >= 4 is 16.7 Å². The number of ether oxygens (including phenoxy) is 1. The van der Waals surface area contributed by atoms with Gasteiger partial charge in [-0.25, -0.2) is 0 Å². The predicted octanol–water partition coefficient (Wildman–Crippen LogP) is 3.03. The van der Waals surface area contributed by atoms with Crippen molar-refractivity contribution in [2.75, 3.05) is 0 Å². The summed E-state index contributed by atoms with van der Waals surface area (Å²) in [6.07, 6.45) is 0.328. The van der Waals surface area contributed by atoms with Crippen molar-refractivity contribution in [3.8, 4) is 11.8 Å². The summed E-state index contributed by atoms with van der Waals surface area (Å²) in [6.45, 7) is 1.74. The standard InChI is InChI=1S/C14H11NO2/c1-2-14(16)17-13-8-7-10(9-15)11-5-3-4-6-12(11)13/h3-8H,2H2,1H3. The third-order valence-electron chi connectivity index (χ3n) is 2.52. The summed E-state index contributed by atoms with van der Waals surface area (Å²) < 4.78 is 5.23. The monoisotopic (exact) mass is 225 g/mol. The maximum atomic E-state index is 11.3. The first-order valence-corrected chi connectivity index (χ1v) is 5.38. The van der Waals surface area contributed by atoms with Crippen LogP contribution in [0.2, 0.25) is 0 Å². The van der Waals surface area contributed by atoms with Crippen molar-refractivity contribution in [3.63, 3.8) is 0 Å². The third kappa shape index (κ3) is 2.11. The van der Waals surface area contributed by atoms with Gasteiger partial charge < -0.3 is 4.74 Å². The van der Waals surface area contributed by atoms with Crippen LogP contribution in [-0.4, -0.2) is 5.97 Å². The molecular formula is C14H11NO2. The Hall–Kier alpha value is -2.34. The van der Waals surface area contributed by atoms with Gasteiger partial charge >= 0.3 is 5.97 Å². The van der Waals surface area contributed by atoms with Crippen molar-refractivity contribution in [2.24, 2.45) is 0 Å². The van der Waals surface area contributed by atoms with Crippen LogP contribution in [-0.2, 0) is 4.79 Å². The zero-order valence-corrected chi connectivity index (χ0v) is 9.43. The van der Waals surface area contributed by atoms with Crippen LogP contribution in [0, 0.1) is 11.3 Å². The highest BCUT2D eigenvalue weighted by atomic mass is 16.5. The number of hydrogen-bond donors (Lipinski definition) is 0. The first-order chi connectivity index (χ1) is 8.26. The minimum Gasteiger partial charge on any atom is -0.426 e. The lowest BCUT2D eigenvalue weighted by atomic mass is 10.0. The molecule has 0 aliphatic carbocycles. The van der Waals surface area contributed by atoms with Gasteiger partial charge in [0, 0.05) is 17.2 Å². The molecule has 2 rings (SSSR count). The summed E-state index contributed by atoms with van der Waals surface area (Å²) in [5.41, 5.74) is 0.580. The molecule has 0 unspecified atom stereocenters. The fraction of sp³-hybridized carbons (Fsp3) is 0.143. The predicted molar refractivity (Wildman–Crippen MR) is 64.6 cm³/mol. The van der Waals surface area contributed by atoms with Gasteiger partial charge in [-0.15, -0.1) is 0 Å². The summed E-state index contributed by atoms with van der Waals surface area (Å²) >= 11 is 0. The molecule has 17 heavy (non-hydrogen) atoms. The van der Waals surface area contributed by atoms with E-state index in [0.717, 1.165) is 10.8 Å². The molecule has 3 nitrogen and oxygen atoms in total. The van der Waals surface area contributed by atoms with Gasteiger partial charge in [0.1, 0.15) is 5.75 Å². The normalized spacial score (nSPS) is 9.88. The fourth-order valence-electron chi connectivity index (χ4n) is 1.65. The zero-order valence-electron chi connectivity index (χ0n) is 9.43. The lowest BCUT2D eigenvalue weighted by molar-refractivity contribution is -0.133. The number of carbonyl (C=O) groups excluding carboxylic acids is 1. The molecule has 0 aromatic heterocycles. The molecule has 0 saturated heterocycles. The molecule has 2 aromatic rings. The molecule has 84 valence electrons. The van der Waals surface area contributed by atoms with Crippen molar-refractivity contribution in [1.82, 2.24) is 0 Å².